The minimum absolute atomic E-state index is 0.409. The van der Waals surface area contributed by atoms with Crippen LogP contribution in [0.4, 0.5) is 5.69 Å². The van der Waals surface area contributed by atoms with Gasteiger partial charge in [0.25, 0.3) is 0 Å². The van der Waals surface area contributed by atoms with Crippen LogP contribution in [0.25, 0.3) is 0 Å². The largest absolute Gasteiger partial charge is 0.370 e. The van der Waals surface area contributed by atoms with Gasteiger partial charge in [0.2, 0.25) is 0 Å². The van der Waals surface area contributed by atoms with Gasteiger partial charge >= 0.3 is 0 Å². The summed E-state index contributed by atoms with van der Waals surface area (Å²) < 4.78 is 0. The Labute approximate surface area is 194 Å². The second-order valence-electron chi connectivity index (χ2n) is 11.4. The van der Waals surface area contributed by atoms with E-state index in [1.807, 2.05) is 0 Å². The van der Waals surface area contributed by atoms with Crippen molar-refractivity contribution in [3.8, 4) is 0 Å². The van der Waals surface area contributed by atoms with E-state index in [0.717, 1.165) is 25.4 Å². The molecule has 0 radical (unpaired) electrons. The average molecular weight is 429 g/mol. The molecule has 1 aliphatic carbocycles. The molecule has 1 aromatic carbocycles. The normalized spacial score (nSPS) is 17.2. The van der Waals surface area contributed by atoms with Crippen LogP contribution in [0, 0.1) is 17.8 Å². The molecule has 1 fully saturated rings. The predicted molar refractivity (Wildman–Crippen MR) is 140 cm³/mol. The van der Waals surface area contributed by atoms with Crippen LogP contribution in [0.15, 0.2) is 12.1 Å². The highest BCUT2D eigenvalue weighted by Crippen LogP contribution is 2.49. The van der Waals surface area contributed by atoms with Gasteiger partial charge in [0.1, 0.15) is 0 Å². The summed E-state index contributed by atoms with van der Waals surface area (Å²) in [5.74, 6) is 0.727. The number of benzene rings is 1. The van der Waals surface area contributed by atoms with Gasteiger partial charge in [-0.3, -0.25) is 0 Å². The third-order valence-electron chi connectivity index (χ3n) is 8.18. The Balaban J connectivity index is 2.33. The molecule has 31 heavy (non-hydrogen) atoms. The summed E-state index contributed by atoms with van der Waals surface area (Å²) in [5.41, 5.74) is 7.21. The Morgan fingerprint density at radius 2 is 1.68 bits per heavy atom. The fourth-order valence-electron chi connectivity index (χ4n) is 5.64. The van der Waals surface area contributed by atoms with E-state index in [0.29, 0.717) is 10.8 Å². The van der Waals surface area contributed by atoms with Gasteiger partial charge in [-0.15, -0.1) is 0 Å². The predicted octanol–water partition coefficient (Wildman–Crippen LogP) is 7.87. The lowest BCUT2D eigenvalue weighted by Gasteiger charge is -2.41. The highest BCUT2D eigenvalue weighted by Gasteiger charge is 2.34. The van der Waals surface area contributed by atoms with Crippen LogP contribution in [0.2, 0.25) is 0 Å². The fraction of sp³-hybridized carbons (Fsp3) is 0.793. The first-order valence-electron chi connectivity index (χ1n) is 13.2. The maximum absolute atomic E-state index is 3.40. The Bertz CT molecular complexity index is 656. The Kier molecular flexibility index (Phi) is 9.93. The number of rotatable bonds is 11. The van der Waals surface area contributed by atoms with Crippen molar-refractivity contribution in [1.82, 2.24) is 5.32 Å². The minimum atomic E-state index is 0.409. The summed E-state index contributed by atoms with van der Waals surface area (Å²) in [6.07, 6.45) is 11.9. The van der Waals surface area contributed by atoms with Crippen LogP contribution in [0.3, 0.4) is 0 Å². The average Bonchev–Trinajstić information content (AvgIpc) is 2.75. The third-order valence-corrected chi connectivity index (χ3v) is 8.18. The smallest absolute Gasteiger partial charge is 0.0405 e. The summed E-state index contributed by atoms with van der Waals surface area (Å²) in [6, 6.07) is 5.12. The van der Waals surface area contributed by atoms with Crippen LogP contribution in [0.1, 0.15) is 116 Å². The van der Waals surface area contributed by atoms with Crippen LogP contribution >= 0.6 is 0 Å². The standard InChI is InChI=1S/C29H52N2/c1-9-24-22-27(31(20-18-30-8)19-12-15-28(5,6)7)26(21-23(24)4)25-13-16-29(10-2,11-3)17-14-25/h21-22,25,30H,9-20H2,1-8H3. The molecule has 0 aromatic heterocycles. The van der Waals surface area contributed by atoms with Crippen molar-refractivity contribution in [3.05, 3.63) is 28.8 Å². The molecular formula is C29H52N2. The second kappa shape index (κ2) is 11.7. The molecule has 0 atom stereocenters. The van der Waals surface area contributed by atoms with E-state index < -0.39 is 0 Å². The van der Waals surface area contributed by atoms with E-state index in [-0.39, 0.29) is 0 Å². The van der Waals surface area contributed by atoms with Gasteiger partial charge < -0.3 is 10.2 Å². The molecule has 0 unspecified atom stereocenters. The van der Waals surface area contributed by atoms with Gasteiger partial charge in [-0.2, -0.15) is 0 Å². The number of nitrogens with one attached hydrogen (secondary N) is 1. The number of likely N-dealkylation sites (N-methyl/N-ethyl adjacent to an activating group) is 1. The summed E-state index contributed by atoms with van der Waals surface area (Å²) in [6.45, 7) is 19.9. The fourth-order valence-corrected chi connectivity index (χ4v) is 5.64. The van der Waals surface area contributed by atoms with Crippen LogP contribution in [-0.4, -0.2) is 26.7 Å². The van der Waals surface area contributed by atoms with Gasteiger partial charge in [-0.25, -0.2) is 0 Å². The van der Waals surface area contributed by atoms with E-state index in [4.69, 9.17) is 0 Å². The van der Waals surface area contributed by atoms with Gasteiger partial charge in [0.15, 0.2) is 0 Å². The topological polar surface area (TPSA) is 15.3 Å². The van der Waals surface area contributed by atoms with Gasteiger partial charge in [-0.1, -0.05) is 60.5 Å². The number of aryl methyl sites for hydroxylation is 2. The molecule has 1 N–H and O–H groups in total. The molecule has 0 heterocycles. The molecule has 1 aromatic rings. The van der Waals surface area contributed by atoms with E-state index >= 15 is 0 Å². The van der Waals surface area contributed by atoms with Crippen molar-refractivity contribution in [2.45, 2.75) is 112 Å². The molecule has 0 aliphatic heterocycles. The van der Waals surface area contributed by atoms with Crippen molar-refractivity contribution >= 4 is 5.69 Å². The molecule has 2 rings (SSSR count). The summed E-state index contributed by atoms with van der Waals surface area (Å²) >= 11 is 0. The van der Waals surface area contributed by atoms with E-state index in [9.17, 15) is 0 Å². The molecule has 1 saturated carbocycles. The summed E-state index contributed by atoms with van der Waals surface area (Å²) in [7, 11) is 2.08. The van der Waals surface area contributed by atoms with Crippen LogP contribution in [0.5, 0.6) is 0 Å². The monoisotopic (exact) mass is 428 g/mol. The van der Waals surface area contributed by atoms with E-state index in [1.165, 1.54) is 74.7 Å². The highest BCUT2D eigenvalue weighted by atomic mass is 15.1. The summed E-state index contributed by atoms with van der Waals surface area (Å²) in [5, 5.41) is 3.40. The third kappa shape index (κ3) is 7.24. The molecule has 0 saturated heterocycles. The molecule has 0 bridgehead atoms. The lowest BCUT2D eigenvalue weighted by atomic mass is 9.66. The van der Waals surface area contributed by atoms with Crippen LogP contribution < -0.4 is 10.2 Å². The first-order chi connectivity index (χ1) is 14.7. The molecular weight excluding hydrogens is 376 g/mol. The van der Waals surface area contributed by atoms with Crippen molar-refractivity contribution in [2.24, 2.45) is 10.8 Å². The molecule has 2 heteroatoms. The Morgan fingerprint density at radius 1 is 1.03 bits per heavy atom. The molecule has 178 valence electrons. The second-order valence-corrected chi connectivity index (χ2v) is 11.4. The molecule has 0 spiro atoms. The molecule has 2 nitrogen and oxygen atoms in total. The quantitative estimate of drug-likeness (QED) is 0.385. The van der Waals surface area contributed by atoms with E-state index in [2.05, 4.69) is 77.9 Å². The lowest BCUT2D eigenvalue weighted by molar-refractivity contribution is 0.159. The zero-order valence-electron chi connectivity index (χ0n) is 22.2. The molecule has 0 amide bonds. The first kappa shape index (κ1) is 26.2. The maximum Gasteiger partial charge on any atom is 0.0405 e. The summed E-state index contributed by atoms with van der Waals surface area (Å²) in [4.78, 5) is 2.71. The SMILES string of the molecule is CCc1cc(N(CCCC(C)(C)C)CCNC)c(C2CCC(CC)(CC)CC2)cc1C. The number of hydrogen-bond acceptors (Lipinski definition) is 2. The number of hydrogen-bond donors (Lipinski definition) is 1. The van der Waals surface area contributed by atoms with Crippen molar-refractivity contribution < 1.29 is 0 Å². The number of nitrogens with zero attached hydrogens (tertiary/aromatic N) is 1. The number of anilines is 1. The lowest BCUT2D eigenvalue weighted by Crippen LogP contribution is -2.34. The first-order valence-corrected chi connectivity index (χ1v) is 13.2. The Hall–Kier alpha value is -1.02. The van der Waals surface area contributed by atoms with Gasteiger partial charge in [0, 0.05) is 25.3 Å². The van der Waals surface area contributed by atoms with Crippen molar-refractivity contribution in [1.29, 1.82) is 0 Å². The maximum atomic E-state index is 3.40. The molecule has 1 aliphatic rings. The van der Waals surface area contributed by atoms with Gasteiger partial charge in [-0.05, 0) is 98.4 Å². The minimum Gasteiger partial charge on any atom is -0.370 e. The Morgan fingerprint density at radius 3 is 2.19 bits per heavy atom. The van der Waals surface area contributed by atoms with Crippen molar-refractivity contribution in [2.75, 3.05) is 31.6 Å². The van der Waals surface area contributed by atoms with Crippen LogP contribution in [-0.2, 0) is 6.42 Å². The van der Waals surface area contributed by atoms with Gasteiger partial charge in [0.05, 0.1) is 0 Å². The van der Waals surface area contributed by atoms with Crippen molar-refractivity contribution in [3.63, 3.8) is 0 Å². The zero-order valence-corrected chi connectivity index (χ0v) is 22.2. The van der Waals surface area contributed by atoms with E-state index in [1.54, 1.807) is 5.56 Å². The zero-order chi connectivity index (χ0) is 23.1. The highest BCUT2D eigenvalue weighted by molar-refractivity contribution is 5.59.